The Morgan fingerprint density at radius 2 is 1.67 bits per heavy atom. The Morgan fingerprint density at radius 3 is 1.92 bits per heavy atom. The zero-order valence-electron chi connectivity index (χ0n) is 8.15. The molecular formula is C10H18N2. The molecule has 0 aliphatic heterocycles. The van der Waals surface area contributed by atoms with Gasteiger partial charge in [0.15, 0.2) is 0 Å². The van der Waals surface area contributed by atoms with Crippen molar-refractivity contribution in [1.29, 1.82) is 0 Å². The third kappa shape index (κ3) is 3.28. The standard InChI is InChI=1S/C10H18N2/c1-6-9(11-5)10(7-2)12-8(3)4/h6-8,11-12H,1-2H2,3-5H3/b10-9-. The summed E-state index contributed by atoms with van der Waals surface area (Å²) < 4.78 is 0. The van der Waals surface area contributed by atoms with E-state index in [1.807, 2.05) is 7.05 Å². The van der Waals surface area contributed by atoms with Gasteiger partial charge in [0.25, 0.3) is 0 Å². The van der Waals surface area contributed by atoms with Crippen LogP contribution in [0.2, 0.25) is 0 Å². The van der Waals surface area contributed by atoms with E-state index < -0.39 is 0 Å². The van der Waals surface area contributed by atoms with Crippen LogP contribution in [0.25, 0.3) is 0 Å². The molecule has 0 bridgehead atoms. The van der Waals surface area contributed by atoms with Crippen molar-refractivity contribution in [1.82, 2.24) is 10.6 Å². The number of nitrogens with one attached hydrogen (secondary N) is 2. The lowest BCUT2D eigenvalue weighted by molar-refractivity contribution is 0.672. The van der Waals surface area contributed by atoms with E-state index in [4.69, 9.17) is 0 Å². The molecular weight excluding hydrogens is 148 g/mol. The van der Waals surface area contributed by atoms with Gasteiger partial charge in [-0.15, -0.1) is 0 Å². The third-order valence-corrected chi connectivity index (χ3v) is 1.41. The fourth-order valence-corrected chi connectivity index (χ4v) is 0.904. The number of rotatable bonds is 5. The molecule has 0 fully saturated rings. The molecule has 0 spiro atoms. The van der Waals surface area contributed by atoms with Gasteiger partial charge < -0.3 is 10.6 Å². The molecule has 0 aliphatic rings. The summed E-state index contributed by atoms with van der Waals surface area (Å²) in [5, 5.41) is 6.30. The molecule has 12 heavy (non-hydrogen) atoms. The van der Waals surface area contributed by atoms with E-state index in [1.165, 1.54) is 0 Å². The van der Waals surface area contributed by atoms with E-state index >= 15 is 0 Å². The summed E-state index contributed by atoms with van der Waals surface area (Å²) in [6, 6.07) is 0.404. The maximum atomic E-state index is 3.72. The second kappa shape index (κ2) is 5.47. The van der Waals surface area contributed by atoms with E-state index in [9.17, 15) is 0 Å². The van der Waals surface area contributed by atoms with Gasteiger partial charge in [-0.3, -0.25) is 0 Å². The van der Waals surface area contributed by atoms with Gasteiger partial charge in [0.2, 0.25) is 0 Å². The van der Waals surface area contributed by atoms with Crippen LogP contribution in [0.3, 0.4) is 0 Å². The summed E-state index contributed by atoms with van der Waals surface area (Å²) in [4.78, 5) is 0. The van der Waals surface area contributed by atoms with Crippen molar-refractivity contribution in [2.45, 2.75) is 19.9 Å². The topological polar surface area (TPSA) is 24.1 Å². The average Bonchev–Trinajstić information content (AvgIpc) is 2.04. The van der Waals surface area contributed by atoms with Crippen LogP contribution in [0.15, 0.2) is 36.7 Å². The largest absolute Gasteiger partial charge is 0.386 e. The molecule has 2 N–H and O–H groups in total. The molecule has 2 nitrogen and oxygen atoms in total. The molecule has 0 amide bonds. The van der Waals surface area contributed by atoms with Gasteiger partial charge in [-0.2, -0.15) is 0 Å². The number of hydrogen-bond donors (Lipinski definition) is 2. The maximum absolute atomic E-state index is 3.72. The third-order valence-electron chi connectivity index (χ3n) is 1.41. The van der Waals surface area contributed by atoms with E-state index in [-0.39, 0.29) is 0 Å². The number of hydrogen-bond acceptors (Lipinski definition) is 2. The molecule has 2 heteroatoms. The summed E-state index contributed by atoms with van der Waals surface area (Å²) in [6.45, 7) is 11.6. The van der Waals surface area contributed by atoms with Crippen LogP contribution < -0.4 is 10.6 Å². The van der Waals surface area contributed by atoms with Gasteiger partial charge in [-0.05, 0) is 26.0 Å². The van der Waals surface area contributed by atoms with E-state index in [2.05, 4.69) is 37.6 Å². The van der Waals surface area contributed by atoms with Crippen LogP contribution in [0.4, 0.5) is 0 Å². The highest BCUT2D eigenvalue weighted by Crippen LogP contribution is 2.00. The molecule has 0 aromatic heterocycles. The van der Waals surface area contributed by atoms with E-state index in [0.717, 1.165) is 11.4 Å². The van der Waals surface area contributed by atoms with Gasteiger partial charge in [-0.1, -0.05) is 13.2 Å². The quantitative estimate of drug-likeness (QED) is 0.608. The molecule has 68 valence electrons. The second-order valence-corrected chi connectivity index (χ2v) is 2.78. The van der Waals surface area contributed by atoms with Gasteiger partial charge in [0, 0.05) is 13.1 Å². The molecule has 0 aromatic carbocycles. The Balaban J connectivity index is 4.57. The first kappa shape index (κ1) is 10.8. The highest BCUT2D eigenvalue weighted by atomic mass is 15.0. The van der Waals surface area contributed by atoms with Crippen molar-refractivity contribution in [2.75, 3.05) is 7.05 Å². The molecule has 0 rings (SSSR count). The first-order valence-electron chi connectivity index (χ1n) is 4.09. The van der Waals surface area contributed by atoms with Gasteiger partial charge in [0.1, 0.15) is 0 Å². The molecule has 0 aliphatic carbocycles. The first-order valence-corrected chi connectivity index (χ1v) is 4.09. The lowest BCUT2D eigenvalue weighted by Crippen LogP contribution is -2.24. The minimum atomic E-state index is 0.404. The average molecular weight is 166 g/mol. The first-order chi connectivity index (χ1) is 5.65. The molecule has 0 aromatic rings. The summed E-state index contributed by atoms with van der Waals surface area (Å²) in [6.07, 6.45) is 3.56. The predicted molar refractivity (Wildman–Crippen MR) is 54.8 cm³/mol. The molecule has 0 heterocycles. The van der Waals surface area contributed by atoms with Gasteiger partial charge in [-0.25, -0.2) is 0 Å². The maximum Gasteiger partial charge on any atom is 0.0571 e. The number of allylic oxidation sites excluding steroid dienone is 2. The van der Waals surface area contributed by atoms with Crippen LogP contribution >= 0.6 is 0 Å². The minimum Gasteiger partial charge on any atom is -0.386 e. The zero-order chi connectivity index (χ0) is 9.56. The summed E-state index contributed by atoms with van der Waals surface area (Å²) >= 11 is 0. The van der Waals surface area contributed by atoms with Crippen molar-refractivity contribution in [3.05, 3.63) is 36.7 Å². The summed E-state index contributed by atoms with van der Waals surface area (Å²) in [7, 11) is 1.86. The monoisotopic (exact) mass is 166 g/mol. The summed E-state index contributed by atoms with van der Waals surface area (Å²) in [5.41, 5.74) is 1.96. The minimum absolute atomic E-state index is 0.404. The second-order valence-electron chi connectivity index (χ2n) is 2.78. The van der Waals surface area contributed by atoms with Gasteiger partial charge in [0.05, 0.1) is 11.4 Å². The Bertz CT molecular complexity index is 190. The Hall–Kier alpha value is -1.18. The molecule has 0 radical (unpaired) electrons. The Labute approximate surface area is 75.1 Å². The van der Waals surface area contributed by atoms with Crippen LogP contribution in [0.5, 0.6) is 0 Å². The molecule has 0 saturated carbocycles. The predicted octanol–water partition coefficient (Wildman–Crippen LogP) is 1.79. The fraction of sp³-hybridized carbons (Fsp3) is 0.400. The molecule has 0 unspecified atom stereocenters. The highest BCUT2D eigenvalue weighted by molar-refractivity contribution is 5.28. The highest BCUT2D eigenvalue weighted by Gasteiger charge is 1.99. The van der Waals surface area contributed by atoms with Crippen LogP contribution in [0.1, 0.15) is 13.8 Å². The van der Waals surface area contributed by atoms with Crippen molar-refractivity contribution >= 4 is 0 Å². The SMILES string of the molecule is C=C/C(NC)=C(\C=C)NC(C)C. The lowest BCUT2D eigenvalue weighted by atomic mass is 10.2. The van der Waals surface area contributed by atoms with E-state index in [0.29, 0.717) is 6.04 Å². The molecule has 0 saturated heterocycles. The van der Waals surface area contributed by atoms with Gasteiger partial charge >= 0.3 is 0 Å². The van der Waals surface area contributed by atoms with Crippen molar-refractivity contribution in [2.24, 2.45) is 0 Å². The Morgan fingerprint density at radius 1 is 1.17 bits per heavy atom. The van der Waals surface area contributed by atoms with Crippen molar-refractivity contribution in [3.63, 3.8) is 0 Å². The lowest BCUT2D eigenvalue weighted by Gasteiger charge is -2.14. The Kier molecular flexibility index (Phi) is 4.93. The normalized spacial score (nSPS) is 12.0. The van der Waals surface area contributed by atoms with Crippen LogP contribution in [0, 0.1) is 0 Å². The smallest absolute Gasteiger partial charge is 0.0571 e. The van der Waals surface area contributed by atoms with Crippen LogP contribution in [-0.2, 0) is 0 Å². The molecule has 0 atom stereocenters. The summed E-state index contributed by atoms with van der Waals surface area (Å²) in [5.74, 6) is 0. The van der Waals surface area contributed by atoms with Crippen molar-refractivity contribution in [3.8, 4) is 0 Å². The number of likely N-dealkylation sites (N-methyl/N-ethyl adjacent to an activating group) is 1. The van der Waals surface area contributed by atoms with E-state index in [1.54, 1.807) is 12.2 Å². The van der Waals surface area contributed by atoms with Crippen molar-refractivity contribution < 1.29 is 0 Å². The fourth-order valence-electron chi connectivity index (χ4n) is 0.904. The zero-order valence-corrected chi connectivity index (χ0v) is 8.15. The van der Waals surface area contributed by atoms with Crippen LogP contribution in [-0.4, -0.2) is 13.1 Å².